The summed E-state index contributed by atoms with van der Waals surface area (Å²) in [5.74, 6) is 0.314. The molecule has 58 valence electrons. The van der Waals surface area contributed by atoms with Gasteiger partial charge in [-0.15, -0.1) is 0 Å². The van der Waals surface area contributed by atoms with Crippen LogP contribution in [0.5, 0.6) is 0 Å². The second-order valence-electron chi connectivity index (χ2n) is 2.17. The lowest BCUT2D eigenvalue weighted by Crippen LogP contribution is -1.89. The number of hydrogen-bond acceptors (Lipinski definition) is 3. The molecule has 0 saturated heterocycles. The van der Waals surface area contributed by atoms with Crippen molar-refractivity contribution in [2.45, 2.75) is 0 Å². The topological polar surface area (TPSA) is 54.0 Å². The molecule has 0 N–H and O–H groups in total. The van der Waals surface area contributed by atoms with E-state index >= 15 is 0 Å². The molecule has 0 bridgehead atoms. The molecule has 0 unspecified atom stereocenters. The van der Waals surface area contributed by atoms with Crippen LogP contribution in [-0.4, -0.2) is 14.4 Å². The Bertz CT molecular complexity index is 468. The average molecular weight is 179 g/mol. The van der Waals surface area contributed by atoms with Gasteiger partial charge in [-0.1, -0.05) is 11.6 Å². The first kappa shape index (κ1) is 7.07. The number of nitriles is 1. The molecule has 0 radical (unpaired) electrons. The Labute approximate surface area is 73.0 Å². The third kappa shape index (κ3) is 0.840. The molecule has 2 rings (SSSR count). The molecule has 0 saturated carbocycles. The maximum atomic E-state index is 8.62. The zero-order valence-corrected chi connectivity index (χ0v) is 6.65. The Kier molecular flexibility index (Phi) is 1.45. The summed E-state index contributed by atoms with van der Waals surface area (Å²) in [5.41, 5.74) is 0.649. The van der Waals surface area contributed by atoms with E-state index in [0.29, 0.717) is 16.5 Å². The largest absolute Gasteiger partial charge is 0.287 e. The molecule has 0 aromatic carbocycles. The lowest BCUT2D eigenvalue weighted by atomic mass is 10.6. The van der Waals surface area contributed by atoms with Gasteiger partial charge >= 0.3 is 0 Å². The maximum absolute atomic E-state index is 8.62. The number of rotatable bonds is 0. The Hall–Kier alpha value is -1.60. The van der Waals surface area contributed by atoms with Gasteiger partial charge in [-0.05, 0) is 0 Å². The summed E-state index contributed by atoms with van der Waals surface area (Å²) < 4.78 is 1.59. The lowest BCUT2D eigenvalue weighted by molar-refractivity contribution is 1.08. The normalized spacial score (nSPS) is 10.0. The third-order valence-electron chi connectivity index (χ3n) is 1.51. The predicted molar refractivity (Wildman–Crippen MR) is 42.7 cm³/mol. The van der Waals surface area contributed by atoms with E-state index in [1.54, 1.807) is 10.6 Å². The van der Waals surface area contributed by atoms with Crippen molar-refractivity contribution in [3.8, 4) is 6.07 Å². The van der Waals surface area contributed by atoms with E-state index < -0.39 is 0 Å². The first-order valence-corrected chi connectivity index (χ1v) is 3.58. The molecule has 2 aromatic heterocycles. The van der Waals surface area contributed by atoms with E-state index in [-0.39, 0.29) is 0 Å². The highest BCUT2D eigenvalue weighted by molar-refractivity contribution is 6.32. The molecule has 0 amide bonds. The molecule has 0 aliphatic rings. The fourth-order valence-corrected chi connectivity index (χ4v) is 1.17. The Morgan fingerprint density at radius 3 is 3.08 bits per heavy atom. The summed E-state index contributed by atoms with van der Waals surface area (Å²) in [5, 5.41) is 8.97. The molecule has 0 aliphatic carbocycles. The summed E-state index contributed by atoms with van der Waals surface area (Å²) in [6, 6.07) is 1.94. The molecule has 2 heterocycles. The van der Waals surface area contributed by atoms with Crippen molar-refractivity contribution in [1.82, 2.24) is 14.4 Å². The Morgan fingerprint density at radius 1 is 1.50 bits per heavy atom. The molecule has 0 atom stereocenters. The van der Waals surface area contributed by atoms with Gasteiger partial charge in [0.2, 0.25) is 5.82 Å². The first-order valence-electron chi connectivity index (χ1n) is 3.20. The summed E-state index contributed by atoms with van der Waals surface area (Å²) in [7, 11) is 0. The van der Waals surface area contributed by atoms with Crippen molar-refractivity contribution >= 4 is 17.1 Å². The van der Waals surface area contributed by atoms with Crippen LogP contribution in [0.2, 0.25) is 5.15 Å². The Balaban J connectivity index is 2.91. The Morgan fingerprint density at radius 2 is 2.33 bits per heavy atom. The van der Waals surface area contributed by atoms with Crippen molar-refractivity contribution in [3.05, 3.63) is 29.6 Å². The van der Waals surface area contributed by atoms with Crippen LogP contribution in [0, 0.1) is 11.3 Å². The third-order valence-corrected chi connectivity index (χ3v) is 1.80. The van der Waals surface area contributed by atoms with Gasteiger partial charge in [0.1, 0.15) is 11.6 Å². The SMILES string of the molecule is N#Cc1ncc2c(Cl)nccn12. The average Bonchev–Trinajstić information content (AvgIpc) is 2.49. The zero-order valence-electron chi connectivity index (χ0n) is 5.90. The molecule has 5 heteroatoms. The molecule has 0 spiro atoms. The van der Waals surface area contributed by atoms with Crippen molar-refractivity contribution in [1.29, 1.82) is 5.26 Å². The highest BCUT2D eigenvalue weighted by Gasteiger charge is 2.04. The predicted octanol–water partition coefficient (Wildman–Crippen LogP) is 1.25. The van der Waals surface area contributed by atoms with Crippen LogP contribution >= 0.6 is 11.6 Å². The van der Waals surface area contributed by atoms with E-state index in [2.05, 4.69) is 9.97 Å². The van der Waals surface area contributed by atoms with Crippen LogP contribution in [0.4, 0.5) is 0 Å². The lowest BCUT2D eigenvalue weighted by Gasteiger charge is -1.93. The van der Waals surface area contributed by atoms with Crippen LogP contribution in [0.15, 0.2) is 18.6 Å². The van der Waals surface area contributed by atoms with Crippen molar-refractivity contribution in [2.75, 3.05) is 0 Å². The van der Waals surface area contributed by atoms with E-state index in [0.717, 1.165) is 0 Å². The highest BCUT2D eigenvalue weighted by atomic mass is 35.5. The molecule has 0 fully saturated rings. The smallest absolute Gasteiger partial charge is 0.217 e. The second-order valence-corrected chi connectivity index (χ2v) is 2.52. The summed E-state index contributed by atoms with van der Waals surface area (Å²) in [6.07, 6.45) is 4.69. The molecule has 4 nitrogen and oxygen atoms in total. The number of imidazole rings is 1. The van der Waals surface area contributed by atoms with Crippen LogP contribution in [0.3, 0.4) is 0 Å². The monoisotopic (exact) mass is 178 g/mol. The minimum atomic E-state index is 0.314. The van der Waals surface area contributed by atoms with Crippen LogP contribution in [0.1, 0.15) is 5.82 Å². The van der Waals surface area contributed by atoms with E-state index in [4.69, 9.17) is 16.9 Å². The minimum absolute atomic E-state index is 0.314. The molecular formula is C7H3ClN4. The second kappa shape index (κ2) is 2.47. The molecule has 0 aliphatic heterocycles. The standard InChI is InChI=1S/C7H3ClN4/c8-7-5-4-11-6(3-9)12(5)2-1-10-7/h1-2,4H. The van der Waals surface area contributed by atoms with E-state index in [1.807, 2.05) is 6.07 Å². The van der Waals surface area contributed by atoms with Crippen LogP contribution < -0.4 is 0 Å². The van der Waals surface area contributed by atoms with Crippen LogP contribution in [-0.2, 0) is 0 Å². The van der Waals surface area contributed by atoms with Gasteiger partial charge in [-0.25, -0.2) is 9.97 Å². The molecular weight excluding hydrogens is 176 g/mol. The van der Waals surface area contributed by atoms with Gasteiger partial charge < -0.3 is 0 Å². The van der Waals surface area contributed by atoms with Gasteiger partial charge in [0, 0.05) is 12.4 Å². The number of hydrogen-bond donors (Lipinski definition) is 0. The van der Waals surface area contributed by atoms with E-state index in [1.165, 1.54) is 12.4 Å². The van der Waals surface area contributed by atoms with Gasteiger partial charge in [0.05, 0.1) is 6.20 Å². The summed E-state index contributed by atoms with van der Waals surface area (Å²) in [6.45, 7) is 0. The van der Waals surface area contributed by atoms with Gasteiger partial charge in [-0.3, -0.25) is 4.40 Å². The zero-order chi connectivity index (χ0) is 8.55. The van der Waals surface area contributed by atoms with Crippen LogP contribution in [0.25, 0.3) is 5.52 Å². The summed E-state index contributed by atoms with van der Waals surface area (Å²) >= 11 is 5.75. The molecule has 2 aromatic rings. The summed E-state index contributed by atoms with van der Waals surface area (Å²) in [4.78, 5) is 7.70. The number of fused-ring (bicyclic) bond motifs is 1. The highest BCUT2D eigenvalue weighted by Crippen LogP contribution is 2.13. The van der Waals surface area contributed by atoms with Gasteiger partial charge in [0.15, 0.2) is 5.15 Å². The van der Waals surface area contributed by atoms with Gasteiger partial charge in [-0.2, -0.15) is 5.26 Å². The minimum Gasteiger partial charge on any atom is -0.287 e. The van der Waals surface area contributed by atoms with Crippen molar-refractivity contribution < 1.29 is 0 Å². The van der Waals surface area contributed by atoms with Crippen molar-refractivity contribution in [2.24, 2.45) is 0 Å². The number of nitrogens with zero attached hydrogens (tertiary/aromatic N) is 4. The van der Waals surface area contributed by atoms with E-state index in [9.17, 15) is 0 Å². The first-order chi connectivity index (χ1) is 5.83. The van der Waals surface area contributed by atoms with Crippen molar-refractivity contribution in [3.63, 3.8) is 0 Å². The maximum Gasteiger partial charge on any atom is 0.217 e. The quantitative estimate of drug-likeness (QED) is 0.610. The fraction of sp³-hybridized carbons (Fsp3) is 0. The van der Waals surface area contributed by atoms with Gasteiger partial charge in [0.25, 0.3) is 0 Å². The number of halogens is 1. The fourth-order valence-electron chi connectivity index (χ4n) is 0.979. The number of aromatic nitrogens is 3. The molecule has 12 heavy (non-hydrogen) atoms.